The number of ether oxygens (including phenoxy) is 1. The first-order valence-corrected chi connectivity index (χ1v) is 12.8. The molecule has 36 heavy (non-hydrogen) atoms. The molecule has 0 bridgehead atoms. The Kier molecular flexibility index (Phi) is 6.18. The first-order valence-electron chi connectivity index (χ1n) is 11.3. The SMILES string of the molecule is COc1c(F)cc(F)cc1S(=O)(=O)n1ccc2c1N(c1ccc(N3CCN(C)CC3)cc1)C(N)N=C2. The van der Waals surface area contributed by atoms with Crippen LogP contribution >= 0.6 is 0 Å². The van der Waals surface area contributed by atoms with Crippen molar-refractivity contribution in [2.75, 3.05) is 50.1 Å². The molecule has 2 aliphatic heterocycles. The number of nitrogens with zero attached hydrogens (tertiary/aromatic N) is 5. The van der Waals surface area contributed by atoms with Crippen molar-refractivity contribution in [2.24, 2.45) is 10.7 Å². The van der Waals surface area contributed by atoms with Gasteiger partial charge in [0.2, 0.25) is 0 Å². The van der Waals surface area contributed by atoms with Gasteiger partial charge in [-0.2, -0.15) is 0 Å². The molecule has 5 rings (SSSR count). The van der Waals surface area contributed by atoms with Crippen LogP contribution in [0.15, 0.2) is 58.5 Å². The van der Waals surface area contributed by atoms with Crippen LogP contribution < -0.4 is 20.3 Å². The lowest BCUT2D eigenvalue weighted by molar-refractivity contribution is 0.313. The molecule has 2 aliphatic rings. The number of likely N-dealkylation sites (N-methyl/N-ethyl adjacent to an activating group) is 1. The van der Waals surface area contributed by atoms with E-state index in [0.29, 0.717) is 17.3 Å². The number of anilines is 3. The standard InChI is InChI=1S/C24H26F2N6O3S/c1-29-9-11-30(12-10-29)18-3-5-19(6-4-18)32-23-16(15-28-24(32)27)7-8-31(23)36(33,34)21-14-17(25)13-20(26)22(21)35-2/h3-8,13-15,24H,9-12,27H2,1-2H3. The maximum absolute atomic E-state index is 14.3. The van der Waals surface area contributed by atoms with Crippen molar-refractivity contribution in [1.82, 2.24) is 8.87 Å². The van der Waals surface area contributed by atoms with E-state index in [9.17, 15) is 17.2 Å². The van der Waals surface area contributed by atoms with Crippen molar-refractivity contribution < 1.29 is 21.9 Å². The number of fused-ring (bicyclic) bond motifs is 1. The van der Waals surface area contributed by atoms with E-state index in [0.717, 1.165) is 49.0 Å². The van der Waals surface area contributed by atoms with Gasteiger partial charge in [-0.1, -0.05) is 0 Å². The van der Waals surface area contributed by atoms with E-state index in [4.69, 9.17) is 10.5 Å². The van der Waals surface area contributed by atoms with Crippen LogP contribution in [0.3, 0.4) is 0 Å². The predicted molar refractivity (Wildman–Crippen MR) is 134 cm³/mol. The van der Waals surface area contributed by atoms with Gasteiger partial charge in [-0.3, -0.25) is 15.6 Å². The number of methoxy groups -OCH3 is 1. The van der Waals surface area contributed by atoms with Gasteiger partial charge < -0.3 is 14.5 Å². The lowest BCUT2D eigenvalue weighted by Gasteiger charge is -2.35. The van der Waals surface area contributed by atoms with Crippen molar-refractivity contribution in [3.05, 3.63) is 65.9 Å². The molecule has 1 unspecified atom stereocenters. The second kappa shape index (κ2) is 9.19. The van der Waals surface area contributed by atoms with Crippen LogP contribution in [0, 0.1) is 11.6 Å². The first-order chi connectivity index (χ1) is 17.2. The average molecular weight is 517 g/mol. The summed E-state index contributed by atoms with van der Waals surface area (Å²) in [6, 6.07) is 10.5. The van der Waals surface area contributed by atoms with Gasteiger partial charge in [0.1, 0.15) is 16.5 Å². The van der Waals surface area contributed by atoms with Gasteiger partial charge in [-0.05, 0) is 43.4 Å². The largest absolute Gasteiger partial charge is 0.492 e. The Hall–Kier alpha value is -3.48. The van der Waals surface area contributed by atoms with Crippen LogP contribution in [-0.4, -0.2) is 70.1 Å². The quantitative estimate of drug-likeness (QED) is 0.557. The van der Waals surface area contributed by atoms with Gasteiger partial charge in [0.25, 0.3) is 10.0 Å². The van der Waals surface area contributed by atoms with Gasteiger partial charge in [-0.25, -0.2) is 21.2 Å². The van der Waals surface area contributed by atoms with E-state index < -0.39 is 38.6 Å². The Balaban J connectivity index is 1.56. The minimum absolute atomic E-state index is 0.205. The van der Waals surface area contributed by atoms with Crippen molar-refractivity contribution >= 4 is 33.4 Å². The number of nitrogens with two attached hydrogens (primary N) is 1. The molecule has 1 aromatic heterocycles. The number of halogens is 2. The van der Waals surface area contributed by atoms with Crippen LogP contribution in [0.5, 0.6) is 5.75 Å². The highest BCUT2D eigenvalue weighted by Crippen LogP contribution is 2.38. The van der Waals surface area contributed by atoms with Crippen LogP contribution in [0.25, 0.3) is 0 Å². The summed E-state index contributed by atoms with van der Waals surface area (Å²) in [7, 11) is -1.27. The molecule has 0 aliphatic carbocycles. The Labute approximate surface area is 208 Å². The third-order valence-electron chi connectivity index (χ3n) is 6.43. The minimum Gasteiger partial charge on any atom is -0.492 e. The number of piperazine rings is 1. The minimum atomic E-state index is -4.48. The molecule has 0 radical (unpaired) electrons. The molecule has 0 spiro atoms. The summed E-state index contributed by atoms with van der Waals surface area (Å²) in [4.78, 5) is 9.77. The number of hydrogen-bond donors (Lipinski definition) is 1. The average Bonchev–Trinajstić information content (AvgIpc) is 3.29. The normalized spacial score (nSPS) is 18.4. The number of aromatic nitrogens is 1. The maximum atomic E-state index is 14.3. The third-order valence-corrected chi connectivity index (χ3v) is 8.10. The number of benzene rings is 2. The predicted octanol–water partition coefficient (Wildman–Crippen LogP) is 2.58. The van der Waals surface area contributed by atoms with Crippen molar-refractivity contribution in [3.63, 3.8) is 0 Å². The molecular formula is C24H26F2N6O3S. The monoisotopic (exact) mass is 516 g/mol. The fourth-order valence-electron chi connectivity index (χ4n) is 4.51. The van der Waals surface area contributed by atoms with Gasteiger partial charge in [-0.15, -0.1) is 0 Å². The zero-order valence-electron chi connectivity index (χ0n) is 19.8. The van der Waals surface area contributed by atoms with Gasteiger partial charge in [0, 0.05) is 61.6 Å². The molecule has 12 heteroatoms. The second-order valence-electron chi connectivity index (χ2n) is 8.68. The van der Waals surface area contributed by atoms with Crippen LogP contribution in [0.4, 0.5) is 26.0 Å². The highest BCUT2D eigenvalue weighted by Gasteiger charge is 2.33. The molecule has 1 fully saturated rings. The van der Waals surface area contributed by atoms with E-state index >= 15 is 0 Å². The summed E-state index contributed by atoms with van der Waals surface area (Å²) in [6.07, 6.45) is 1.87. The van der Waals surface area contributed by atoms with Gasteiger partial charge >= 0.3 is 0 Å². The third kappa shape index (κ3) is 4.10. The smallest absolute Gasteiger partial charge is 0.273 e. The summed E-state index contributed by atoms with van der Waals surface area (Å²) >= 11 is 0. The molecule has 3 aromatic rings. The van der Waals surface area contributed by atoms with E-state index in [2.05, 4.69) is 21.8 Å². The van der Waals surface area contributed by atoms with Gasteiger partial charge in [0.15, 0.2) is 17.9 Å². The Morgan fingerprint density at radius 3 is 2.36 bits per heavy atom. The zero-order valence-corrected chi connectivity index (χ0v) is 20.6. The molecule has 1 atom stereocenters. The molecule has 0 saturated carbocycles. The summed E-state index contributed by atoms with van der Waals surface area (Å²) < 4.78 is 61.6. The molecule has 3 heterocycles. The Bertz CT molecular complexity index is 1420. The van der Waals surface area contributed by atoms with Crippen LogP contribution in [-0.2, 0) is 10.0 Å². The molecule has 2 N–H and O–H groups in total. The van der Waals surface area contributed by atoms with Crippen LogP contribution in [0.2, 0.25) is 0 Å². The number of aliphatic imine (C=N–C) groups is 1. The maximum Gasteiger partial charge on any atom is 0.273 e. The van der Waals surface area contributed by atoms with Crippen molar-refractivity contribution in [3.8, 4) is 5.75 Å². The first kappa shape index (κ1) is 24.2. The van der Waals surface area contributed by atoms with E-state index in [1.165, 1.54) is 12.4 Å². The zero-order chi connectivity index (χ0) is 25.6. The molecule has 9 nitrogen and oxygen atoms in total. The lowest BCUT2D eigenvalue weighted by Crippen LogP contribution is -2.44. The topological polar surface area (TPSA) is 96.4 Å². The molecular weight excluding hydrogens is 490 g/mol. The summed E-state index contributed by atoms with van der Waals surface area (Å²) in [5.41, 5.74) is 8.44. The molecule has 190 valence electrons. The summed E-state index contributed by atoms with van der Waals surface area (Å²) in [5.74, 6) is -2.53. The van der Waals surface area contributed by atoms with E-state index in [-0.39, 0.29) is 5.82 Å². The Morgan fingerprint density at radius 1 is 1.03 bits per heavy atom. The van der Waals surface area contributed by atoms with Crippen molar-refractivity contribution in [1.29, 1.82) is 0 Å². The highest BCUT2D eigenvalue weighted by atomic mass is 32.2. The van der Waals surface area contributed by atoms with Crippen LogP contribution in [0.1, 0.15) is 5.56 Å². The fourth-order valence-corrected chi connectivity index (χ4v) is 6.04. The van der Waals surface area contributed by atoms with E-state index in [1.807, 2.05) is 24.3 Å². The summed E-state index contributed by atoms with van der Waals surface area (Å²) in [6.45, 7) is 3.74. The highest BCUT2D eigenvalue weighted by molar-refractivity contribution is 7.90. The molecule has 1 saturated heterocycles. The molecule has 0 amide bonds. The second-order valence-corrected chi connectivity index (χ2v) is 10.5. The lowest BCUT2D eigenvalue weighted by atomic mass is 10.2. The van der Waals surface area contributed by atoms with Crippen molar-refractivity contribution in [2.45, 2.75) is 11.2 Å². The Morgan fingerprint density at radius 2 is 1.69 bits per heavy atom. The van der Waals surface area contributed by atoms with E-state index in [1.54, 1.807) is 11.0 Å². The molecule has 2 aromatic carbocycles. The fraction of sp³-hybridized carbons (Fsp3) is 0.292. The number of rotatable bonds is 5. The number of hydrogen-bond acceptors (Lipinski definition) is 8. The van der Waals surface area contributed by atoms with Gasteiger partial charge in [0.05, 0.1) is 7.11 Å². The summed E-state index contributed by atoms with van der Waals surface area (Å²) in [5, 5.41) is 0.